The second kappa shape index (κ2) is 5.68. The number of hydrogen-bond acceptors (Lipinski definition) is 4. The van der Waals surface area contributed by atoms with E-state index in [0.717, 1.165) is 12.1 Å². The molecule has 0 atom stereocenters. The molecule has 2 aromatic carbocycles. The molecule has 0 spiro atoms. The molecule has 1 N–H and O–H groups in total. The lowest BCUT2D eigenvalue weighted by Crippen LogP contribution is -2.03. The number of fused-ring (bicyclic) bond motifs is 1. The number of phenolic OH excluding ortho intramolecular Hbond substituents is 1. The fraction of sp³-hybridized carbons (Fsp3) is 0.0625. The number of phenols is 1. The number of aromatic hydroxyl groups is 1. The molecule has 0 aliphatic carbocycles. The highest BCUT2D eigenvalue weighted by Gasteiger charge is 2.29. The van der Waals surface area contributed by atoms with Gasteiger partial charge in [-0.2, -0.15) is 18.3 Å². The maximum absolute atomic E-state index is 12.5. The van der Waals surface area contributed by atoms with Crippen molar-refractivity contribution in [2.24, 2.45) is 10.2 Å². The van der Waals surface area contributed by atoms with Crippen LogP contribution in [0, 0.1) is 0 Å². The van der Waals surface area contributed by atoms with E-state index in [2.05, 4.69) is 15.2 Å². The van der Waals surface area contributed by atoms with Crippen LogP contribution in [0.15, 0.2) is 65.0 Å². The van der Waals surface area contributed by atoms with E-state index >= 15 is 0 Å². The lowest BCUT2D eigenvalue weighted by atomic mass is 10.2. The lowest BCUT2D eigenvalue weighted by molar-refractivity contribution is -0.137. The van der Waals surface area contributed by atoms with Crippen molar-refractivity contribution in [3.05, 3.63) is 60.3 Å². The summed E-state index contributed by atoms with van der Waals surface area (Å²) in [7, 11) is 0. The molecule has 3 aromatic rings. The predicted octanol–water partition coefficient (Wildman–Crippen LogP) is 5.37. The zero-order chi connectivity index (χ0) is 16.4. The Morgan fingerprint density at radius 1 is 0.913 bits per heavy atom. The number of halogens is 3. The molecule has 4 nitrogen and oxygen atoms in total. The Bertz CT molecular complexity index is 874. The van der Waals surface area contributed by atoms with Crippen LogP contribution in [-0.4, -0.2) is 10.1 Å². The van der Waals surface area contributed by atoms with Gasteiger partial charge >= 0.3 is 6.18 Å². The van der Waals surface area contributed by atoms with Crippen molar-refractivity contribution in [2.75, 3.05) is 0 Å². The summed E-state index contributed by atoms with van der Waals surface area (Å²) in [4.78, 5) is 4.14. The normalized spacial score (nSPS) is 12.1. The second-order valence-corrected chi connectivity index (χ2v) is 4.75. The summed E-state index contributed by atoms with van der Waals surface area (Å²) < 4.78 is 37.5. The molecule has 0 fully saturated rings. The maximum Gasteiger partial charge on any atom is 0.416 e. The highest BCUT2D eigenvalue weighted by atomic mass is 19.4. The lowest BCUT2D eigenvalue weighted by Gasteiger charge is -2.05. The van der Waals surface area contributed by atoms with E-state index in [1.54, 1.807) is 18.3 Å². The molecule has 7 heteroatoms. The van der Waals surface area contributed by atoms with E-state index in [1.807, 2.05) is 0 Å². The summed E-state index contributed by atoms with van der Waals surface area (Å²) in [6.45, 7) is 0. The molecule has 23 heavy (non-hydrogen) atoms. The van der Waals surface area contributed by atoms with Gasteiger partial charge in [0.15, 0.2) is 0 Å². The molecule has 116 valence electrons. The Balaban J connectivity index is 1.93. The Kier molecular flexibility index (Phi) is 3.69. The van der Waals surface area contributed by atoms with Gasteiger partial charge in [-0.05, 0) is 48.5 Å². The molecule has 0 aliphatic rings. The first kappa shape index (κ1) is 15.0. The van der Waals surface area contributed by atoms with Gasteiger partial charge in [-0.15, -0.1) is 5.11 Å². The first-order valence-electron chi connectivity index (χ1n) is 6.61. The zero-order valence-corrected chi connectivity index (χ0v) is 11.6. The SMILES string of the molecule is Oc1ccc(N=Nc2ccc(C(F)(F)F)cc2)c2ncccc12. The molecule has 0 saturated heterocycles. The largest absolute Gasteiger partial charge is 0.507 e. The quantitative estimate of drug-likeness (QED) is 0.645. The van der Waals surface area contributed by atoms with Crippen LogP contribution in [0.25, 0.3) is 10.9 Å². The monoisotopic (exact) mass is 317 g/mol. The van der Waals surface area contributed by atoms with Crippen molar-refractivity contribution >= 4 is 22.3 Å². The first-order valence-corrected chi connectivity index (χ1v) is 6.61. The highest BCUT2D eigenvalue weighted by molar-refractivity contribution is 5.93. The van der Waals surface area contributed by atoms with Crippen molar-refractivity contribution in [1.82, 2.24) is 4.98 Å². The summed E-state index contributed by atoms with van der Waals surface area (Å²) in [5, 5.41) is 18.2. The van der Waals surface area contributed by atoms with E-state index in [0.29, 0.717) is 16.6 Å². The predicted molar refractivity (Wildman–Crippen MR) is 79.0 cm³/mol. The van der Waals surface area contributed by atoms with Gasteiger partial charge in [0.05, 0.1) is 11.3 Å². The number of alkyl halides is 3. The summed E-state index contributed by atoms with van der Waals surface area (Å²) >= 11 is 0. The molecule has 1 heterocycles. The van der Waals surface area contributed by atoms with Gasteiger partial charge in [0.2, 0.25) is 0 Å². The Morgan fingerprint density at radius 3 is 2.35 bits per heavy atom. The Labute approximate surface area is 128 Å². The van der Waals surface area contributed by atoms with Crippen LogP contribution in [-0.2, 0) is 6.18 Å². The number of pyridine rings is 1. The molecule has 1 aromatic heterocycles. The summed E-state index contributed by atoms with van der Waals surface area (Å²) in [5.74, 6) is 0.0709. The van der Waals surface area contributed by atoms with Crippen LogP contribution >= 0.6 is 0 Å². The van der Waals surface area contributed by atoms with Gasteiger partial charge in [-0.3, -0.25) is 4.98 Å². The molecule has 0 bridgehead atoms. The molecule has 3 rings (SSSR count). The van der Waals surface area contributed by atoms with E-state index in [4.69, 9.17) is 0 Å². The third-order valence-corrected chi connectivity index (χ3v) is 3.19. The van der Waals surface area contributed by atoms with Gasteiger partial charge < -0.3 is 5.11 Å². The summed E-state index contributed by atoms with van der Waals surface area (Å²) in [6, 6.07) is 10.7. The van der Waals surface area contributed by atoms with E-state index in [1.165, 1.54) is 24.3 Å². The van der Waals surface area contributed by atoms with E-state index in [-0.39, 0.29) is 11.4 Å². The van der Waals surface area contributed by atoms with Crippen LogP contribution < -0.4 is 0 Å². The smallest absolute Gasteiger partial charge is 0.416 e. The number of aromatic nitrogens is 1. The molecule has 0 aliphatic heterocycles. The van der Waals surface area contributed by atoms with Crippen LogP contribution in [0.3, 0.4) is 0 Å². The van der Waals surface area contributed by atoms with Crippen molar-refractivity contribution < 1.29 is 18.3 Å². The molecular weight excluding hydrogens is 307 g/mol. The fourth-order valence-corrected chi connectivity index (χ4v) is 2.05. The van der Waals surface area contributed by atoms with Gasteiger partial charge in [-0.25, -0.2) is 0 Å². The van der Waals surface area contributed by atoms with E-state index < -0.39 is 11.7 Å². The molecule has 0 unspecified atom stereocenters. The first-order chi connectivity index (χ1) is 10.9. The van der Waals surface area contributed by atoms with Crippen LogP contribution in [0.1, 0.15) is 5.56 Å². The third-order valence-electron chi connectivity index (χ3n) is 3.19. The van der Waals surface area contributed by atoms with Gasteiger partial charge in [0.25, 0.3) is 0 Å². The minimum atomic E-state index is -4.38. The van der Waals surface area contributed by atoms with Crippen molar-refractivity contribution in [3.8, 4) is 5.75 Å². The highest BCUT2D eigenvalue weighted by Crippen LogP contribution is 2.33. The average Bonchev–Trinajstić information content (AvgIpc) is 2.54. The van der Waals surface area contributed by atoms with Crippen LogP contribution in [0.2, 0.25) is 0 Å². The molecule has 0 saturated carbocycles. The van der Waals surface area contributed by atoms with Crippen molar-refractivity contribution in [1.29, 1.82) is 0 Å². The number of rotatable bonds is 2. The second-order valence-electron chi connectivity index (χ2n) is 4.75. The Hall–Kier alpha value is -2.96. The number of benzene rings is 2. The fourth-order valence-electron chi connectivity index (χ4n) is 2.05. The van der Waals surface area contributed by atoms with Crippen molar-refractivity contribution in [2.45, 2.75) is 6.18 Å². The molecule has 0 amide bonds. The van der Waals surface area contributed by atoms with E-state index in [9.17, 15) is 18.3 Å². The number of azo groups is 1. The van der Waals surface area contributed by atoms with Gasteiger partial charge in [0.1, 0.15) is 17.0 Å². The number of hydrogen-bond donors (Lipinski definition) is 1. The van der Waals surface area contributed by atoms with Gasteiger partial charge in [0, 0.05) is 11.6 Å². The zero-order valence-electron chi connectivity index (χ0n) is 11.6. The van der Waals surface area contributed by atoms with Crippen molar-refractivity contribution in [3.63, 3.8) is 0 Å². The molecule has 0 radical (unpaired) electrons. The Morgan fingerprint density at radius 2 is 1.65 bits per heavy atom. The summed E-state index contributed by atoms with van der Waals surface area (Å²) in [6.07, 6.45) is -2.83. The topological polar surface area (TPSA) is 57.8 Å². The average molecular weight is 317 g/mol. The van der Waals surface area contributed by atoms with Gasteiger partial charge in [-0.1, -0.05) is 0 Å². The maximum atomic E-state index is 12.5. The summed E-state index contributed by atoms with van der Waals surface area (Å²) in [5.41, 5.74) is 0.421. The standard InChI is InChI=1S/C16H10F3N3O/c17-16(18,19)10-3-5-11(6-4-10)21-22-13-7-8-14(23)12-2-1-9-20-15(12)13/h1-9,23H. The molecular formula is C16H10F3N3O. The minimum Gasteiger partial charge on any atom is -0.507 e. The number of nitrogens with zero attached hydrogens (tertiary/aromatic N) is 3. The minimum absolute atomic E-state index is 0.0709. The third kappa shape index (κ3) is 3.13. The van der Waals surface area contributed by atoms with Crippen LogP contribution in [0.5, 0.6) is 5.75 Å². The van der Waals surface area contributed by atoms with Crippen LogP contribution in [0.4, 0.5) is 24.5 Å².